The maximum absolute atomic E-state index is 13.1. The van der Waals surface area contributed by atoms with E-state index < -0.39 is 0 Å². The number of fused-ring (bicyclic) bond motifs is 2. The van der Waals surface area contributed by atoms with Crippen molar-refractivity contribution >= 4 is 22.4 Å². The summed E-state index contributed by atoms with van der Waals surface area (Å²) >= 11 is 6.26. The van der Waals surface area contributed by atoms with Gasteiger partial charge in [0.05, 0.1) is 16.1 Å². The van der Waals surface area contributed by atoms with Crippen LogP contribution in [0, 0.1) is 0 Å². The summed E-state index contributed by atoms with van der Waals surface area (Å²) in [5, 5.41) is 1.67. The fourth-order valence-corrected chi connectivity index (χ4v) is 3.23. The largest absolute Gasteiger partial charge is 0.454 e. The summed E-state index contributed by atoms with van der Waals surface area (Å²) in [7, 11) is 0. The third-order valence-corrected chi connectivity index (χ3v) is 4.42. The Bertz CT molecular complexity index is 1010. The fraction of sp³-hybridized carbons (Fsp3) is 0.167. The molecule has 1 atom stereocenters. The Balaban J connectivity index is 2.06. The Hall–Kier alpha value is -2.50. The van der Waals surface area contributed by atoms with Crippen molar-refractivity contribution in [2.24, 2.45) is 5.73 Å². The molecule has 2 aromatic carbocycles. The number of hydrogen-bond acceptors (Lipinski definition) is 4. The van der Waals surface area contributed by atoms with Crippen LogP contribution in [0.15, 0.2) is 47.3 Å². The van der Waals surface area contributed by atoms with E-state index in [1.165, 1.54) is 0 Å². The van der Waals surface area contributed by atoms with Crippen LogP contribution in [-0.4, -0.2) is 11.4 Å². The quantitative estimate of drug-likeness (QED) is 0.775. The van der Waals surface area contributed by atoms with Crippen LogP contribution in [0.25, 0.3) is 16.5 Å². The Morgan fingerprint density at radius 3 is 2.75 bits per heavy atom. The molecule has 0 spiro atoms. The first-order valence-corrected chi connectivity index (χ1v) is 7.94. The molecule has 0 saturated carbocycles. The summed E-state index contributed by atoms with van der Waals surface area (Å²) in [6, 6.07) is 12.3. The average molecular weight is 343 g/mol. The molecule has 0 bridgehead atoms. The lowest BCUT2D eigenvalue weighted by molar-refractivity contribution is 0.174. The second-order valence-corrected chi connectivity index (χ2v) is 6.15. The molecule has 24 heavy (non-hydrogen) atoms. The highest BCUT2D eigenvalue weighted by Gasteiger charge is 2.19. The highest BCUT2D eigenvalue weighted by atomic mass is 35.5. The van der Waals surface area contributed by atoms with Crippen molar-refractivity contribution < 1.29 is 9.47 Å². The smallest absolute Gasteiger partial charge is 0.264 e. The molecule has 2 N–H and O–H groups in total. The molecule has 0 aliphatic carbocycles. The molecule has 1 unspecified atom stereocenters. The van der Waals surface area contributed by atoms with Crippen molar-refractivity contribution in [3.8, 4) is 17.2 Å². The lowest BCUT2D eigenvalue weighted by atomic mass is 10.1. The number of benzene rings is 2. The van der Waals surface area contributed by atoms with Gasteiger partial charge in [-0.2, -0.15) is 0 Å². The lowest BCUT2D eigenvalue weighted by Gasteiger charge is -2.18. The molecule has 3 aromatic rings. The Kier molecular flexibility index (Phi) is 3.48. The second kappa shape index (κ2) is 5.54. The molecule has 0 saturated heterocycles. The number of pyridine rings is 1. The number of nitrogens with two attached hydrogens (primary N) is 1. The van der Waals surface area contributed by atoms with Crippen molar-refractivity contribution in [1.29, 1.82) is 0 Å². The maximum Gasteiger partial charge on any atom is 0.264 e. The van der Waals surface area contributed by atoms with E-state index in [4.69, 9.17) is 26.8 Å². The van der Waals surface area contributed by atoms with Gasteiger partial charge >= 0.3 is 0 Å². The molecule has 0 fully saturated rings. The summed E-state index contributed by atoms with van der Waals surface area (Å²) < 4.78 is 12.3. The van der Waals surface area contributed by atoms with Gasteiger partial charge in [-0.15, -0.1) is 0 Å². The zero-order chi connectivity index (χ0) is 16.8. The minimum atomic E-state index is -0.327. The number of nitrogens with zero attached hydrogens (tertiary/aromatic N) is 1. The van der Waals surface area contributed by atoms with Gasteiger partial charge in [0.1, 0.15) is 0 Å². The number of aromatic nitrogens is 1. The maximum atomic E-state index is 13.1. The number of hydrogen-bond donors (Lipinski definition) is 1. The van der Waals surface area contributed by atoms with Crippen LogP contribution >= 0.6 is 11.6 Å². The molecule has 1 aliphatic rings. The van der Waals surface area contributed by atoms with Gasteiger partial charge in [-0.05, 0) is 36.6 Å². The fourth-order valence-electron chi connectivity index (χ4n) is 2.97. The highest BCUT2D eigenvalue weighted by molar-refractivity contribution is 6.35. The third-order valence-electron chi connectivity index (χ3n) is 4.11. The van der Waals surface area contributed by atoms with Crippen molar-refractivity contribution in [3.63, 3.8) is 0 Å². The van der Waals surface area contributed by atoms with E-state index in [2.05, 4.69) is 0 Å². The van der Waals surface area contributed by atoms with Gasteiger partial charge in [0.15, 0.2) is 11.5 Å². The van der Waals surface area contributed by atoms with Crippen LogP contribution in [0.2, 0.25) is 5.02 Å². The second-order valence-electron chi connectivity index (χ2n) is 5.74. The van der Waals surface area contributed by atoms with Gasteiger partial charge in [-0.1, -0.05) is 23.7 Å². The Morgan fingerprint density at radius 2 is 1.96 bits per heavy atom. The first-order valence-electron chi connectivity index (χ1n) is 7.56. The van der Waals surface area contributed by atoms with Crippen molar-refractivity contribution in [2.45, 2.75) is 13.0 Å². The first kappa shape index (κ1) is 15.1. The average Bonchev–Trinajstić information content (AvgIpc) is 3.02. The zero-order valence-electron chi connectivity index (χ0n) is 13.0. The zero-order valence-corrected chi connectivity index (χ0v) is 13.7. The number of halogens is 1. The van der Waals surface area contributed by atoms with Gasteiger partial charge in [0.25, 0.3) is 5.56 Å². The summed E-state index contributed by atoms with van der Waals surface area (Å²) in [6.45, 7) is 2.02. The molecule has 4 rings (SSSR count). The molecule has 1 aromatic heterocycles. The predicted octanol–water partition coefficient (Wildman–Crippen LogP) is 3.39. The molecule has 0 amide bonds. The molecule has 2 heterocycles. The van der Waals surface area contributed by atoms with Crippen LogP contribution in [0.1, 0.15) is 18.7 Å². The molecule has 6 heteroatoms. The van der Waals surface area contributed by atoms with Gasteiger partial charge in [0.2, 0.25) is 6.79 Å². The van der Waals surface area contributed by atoms with Crippen molar-refractivity contribution in [3.05, 3.63) is 63.5 Å². The molecular formula is C18H15ClN2O3. The summed E-state index contributed by atoms with van der Waals surface area (Å²) in [6.07, 6.45) is 0. The van der Waals surface area contributed by atoms with E-state index in [-0.39, 0.29) is 18.4 Å². The monoisotopic (exact) mass is 342 g/mol. The predicted molar refractivity (Wildman–Crippen MR) is 93.3 cm³/mol. The highest BCUT2D eigenvalue weighted by Crippen LogP contribution is 2.34. The molecule has 122 valence electrons. The van der Waals surface area contributed by atoms with Crippen molar-refractivity contribution in [2.75, 3.05) is 6.79 Å². The van der Waals surface area contributed by atoms with E-state index in [1.807, 2.05) is 31.2 Å². The molecule has 0 radical (unpaired) electrons. The topological polar surface area (TPSA) is 66.5 Å². The molecule has 1 aliphatic heterocycles. The lowest BCUT2D eigenvalue weighted by Crippen LogP contribution is -2.25. The normalized spacial score (nSPS) is 14.1. The van der Waals surface area contributed by atoms with Gasteiger partial charge in [-0.25, -0.2) is 0 Å². The van der Waals surface area contributed by atoms with Crippen LogP contribution in [-0.2, 0) is 0 Å². The van der Waals surface area contributed by atoms with E-state index in [0.717, 1.165) is 5.39 Å². The third kappa shape index (κ3) is 2.25. The first-order chi connectivity index (χ1) is 11.6. The molecule has 5 nitrogen and oxygen atoms in total. The Labute approximate surface area is 143 Å². The minimum Gasteiger partial charge on any atom is -0.454 e. The summed E-state index contributed by atoms with van der Waals surface area (Å²) in [5.74, 6) is 1.27. The Morgan fingerprint density at radius 1 is 1.17 bits per heavy atom. The minimum absolute atomic E-state index is 0.178. The van der Waals surface area contributed by atoms with Gasteiger partial charge in [-0.3, -0.25) is 9.36 Å². The van der Waals surface area contributed by atoms with Crippen LogP contribution < -0.4 is 20.8 Å². The van der Waals surface area contributed by atoms with Gasteiger partial charge < -0.3 is 15.2 Å². The standard InChI is InChI=1S/C18H15ClN2O3/c1-10(20)14-7-11-3-2-4-13(19)17(11)18(22)21(14)12-5-6-15-16(8-12)24-9-23-15/h2-8,10H,9,20H2,1H3. The number of rotatable bonds is 2. The summed E-state index contributed by atoms with van der Waals surface area (Å²) in [5.41, 5.74) is 7.28. The van der Waals surface area contributed by atoms with Gasteiger partial charge in [0, 0.05) is 17.8 Å². The van der Waals surface area contributed by atoms with Crippen LogP contribution in [0.3, 0.4) is 0 Å². The number of ether oxygens (including phenoxy) is 2. The SMILES string of the molecule is CC(N)c1cc2cccc(Cl)c2c(=O)n1-c1ccc2c(c1)OCO2. The molecular weight excluding hydrogens is 328 g/mol. The van der Waals surface area contributed by atoms with E-state index in [9.17, 15) is 4.79 Å². The van der Waals surface area contributed by atoms with Crippen LogP contribution in [0.4, 0.5) is 0 Å². The van der Waals surface area contributed by atoms with Crippen LogP contribution in [0.5, 0.6) is 11.5 Å². The summed E-state index contributed by atoms with van der Waals surface area (Å²) in [4.78, 5) is 13.1. The van der Waals surface area contributed by atoms with Crippen molar-refractivity contribution in [1.82, 2.24) is 4.57 Å². The van der Waals surface area contributed by atoms with E-state index in [0.29, 0.717) is 33.3 Å². The van der Waals surface area contributed by atoms with E-state index >= 15 is 0 Å². The van der Waals surface area contributed by atoms with E-state index in [1.54, 1.807) is 22.8 Å².